The number of fused-ring (bicyclic) bond motifs is 5. The fourth-order valence-corrected chi connectivity index (χ4v) is 6.63. The molecule has 21 heavy (non-hydrogen) atoms. The van der Waals surface area contributed by atoms with Gasteiger partial charge in [-0.05, 0) is 61.5 Å². The second kappa shape index (κ2) is 5.72. The molecule has 1 aromatic carbocycles. The molecule has 3 aliphatic rings. The molecular formula is C19H24OS. The molecule has 112 valence electrons. The number of thioether (sulfide) groups is 1. The molecule has 0 radical (unpaired) electrons. The highest BCUT2D eigenvalue weighted by molar-refractivity contribution is 8.01. The highest BCUT2D eigenvalue weighted by Gasteiger charge is 2.52. The maximum absolute atomic E-state index is 5.92. The minimum Gasteiger partial charge on any atom is -0.501 e. The molecule has 0 spiro atoms. The van der Waals surface area contributed by atoms with Crippen molar-refractivity contribution >= 4 is 17.3 Å². The summed E-state index contributed by atoms with van der Waals surface area (Å²) in [6, 6.07) is 10.5. The molecule has 2 heterocycles. The maximum atomic E-state index is 5.92. The van der Waals surface area contributed by atoms with Gasteiger partial charge in [0.25, 0.3) is 0 Å². The van der Waals surface area contributed by atoms with Gasteiger partial charge >= 0.3 is 0 Å². The summed E-state index contributed by atoms with van der Waals surface area (Å²) in [4.78, 5) is 0. The normalized spacial score (nSPS) is 37.8. The van der Waals surface area contributed by atoms with Crippen LogP contribution in [0.5, 0.6) is 0 Å². The summed E-state index contributed by atoms with van der Waals surface area (Å²) in [5.74, 6) is 2.83. The maximum Gasteiger partial charge on any atom is 0.0901 e. The Labute approximate surface area is 132 Å². The van der Waals surface area contributed by atoms with Crippen molar-refractivity contribution in [1.82, 2.24) is 0 Å². The van der Waals surface area contributed by atoms with Crippen molar-refractivity contribution in [3.8, 4) is 0 Å². The second-order valence-electron chi connectivity index (χ2n) is 6.96. The SMILES string of the molecule is C/C(=C/OCC1CC2C3CCC(S3)C2C1)c1ccccc1. The van der Waals surface area contributed by atoms with Crippen LogP contribution in [0, 0.1) is 17.8 Å². The Morgan fingerprint density at radius 2 is 1.81 bits per heavy atom. The van der Waals surface area contributed by atoms with Crippen LogP contribution < -0.4 is 0 Å². The van der Waals surface area contributed by atoms with Crippen molar-refractivity contribution in [3.05, 3.63) is 42.2 Å². The highest BCUT2D eigenvalue weighted by Crippen LogP contribution is 2.60. The van der Waals surface area contributed by atoms with E-state index in [-0.39, 0.29) is 0 Å². The monoisotopic (exact) mass is 300 g/mol. The average Bonchev–Trinajstić information content (AvgIpc) is 3.20. The van der Waals surface area contributed by atoms with Gasteiger partial charge in [0.1, 0.15) is 0 Å². The lowest BCUT2D eigenvalue weighted by Gasteiger charge is -2.21. The molecule has 2 heteroatoms. The third-order valence-electron chi connectivity index (χ3n) is 5.62. The van der Waals surface area contributed by atoms with Crippen molar-refractivity contribution in [2.45, 2.75) is 43.1 Å². The van der Waals surface area contributed by atoms with Crippen LogP contribution in [0.3, 0.4) is 0 Å². The van der Waals surface area contributed by atoms with Crippen molar-refractivity contribution in [3.63, 3.8) is 0 Å². The molecule has 4 unspecified atom stereocenters. The minimum atomic E-state index is 0.795. The molecule has 4 rings (SSSR count). The first-order chi connectivity index (χ1) is 10.3. The van der Waals surface area contributed by atoms with Crippen molar-refractivity contribution in [2.24, 2.45) is 17.8 Å². The quantitative estimate of drug-likeness (QED) is 0.725. The van der Waals surface area contributed by atoms with Crippen LogP contribution in [0.1, 0.15) is 38.2 Å². The largest absolute Gasteiger partial charge is 0.501 e. The summed E-state index contributed by atoms with van der Waals surface area (Å²) in [6.45, 7) is 3.05. The zero-order chi connectivity index (χ0) is 14.2. The summed E-state index contributed by atoms with van der Waals surface area (Å²) >= 11 is 2.30. The number of ether oxygens (including phenoxy) is 1. The standard InChI is InChI=1S/C19H24OS/c1-13(15-5-3-2-4-6-15)11-20-12-14-9-16-17(10-14)19-8-7-18(16)21-19/h2-6,11,14,16-19H,7-10,12H2,1H3/b13-11-. The van der Waals surface area contributed by atoms with E-state index in [1.54, 1.807) is 0 Å². The van der Waals surface area contributed by atoms with Gasteiger partial charge in [0.05, 0.1) is 12.9 Å². The lowest BCUT2D eigenvalue weighted by atomic mass is 9.82. The Kier molecular flexibility index (Phi) is 3.74. The fourth-order valence-electron chi connectivity index (χ4n) is 4.60. The van der Waals surface area contributed by atoms with Crippen molar-refractivity contribution < 1.29 is 4.74 Å². The predicted octanol–water partition coefficient (Wildman–Crippen LogP) is 4.98. The summed E-state index contributed by atoms with van der Waals surface area (Å²) in [5, 5.41) is 1.98. The summed E-state index contributed by atoms with van der Waals surface area (Å²) in [7, 11) is 0. The average molecular weight is 300 g/mol. The summed E-state index contributed by atoms with van der Waals surface area (Å²) in [6.07, 6.45) is 7.76. The number of allylic oxidation sites excluding steroid dienone is 1. The van der Waals surface area contributed by atoms with Gasteiger partial charge in [-0.3, -0.25) is 0 Å². The van der Waals surface area contributed by atoms with Crippen LogP contribution in [0.15, 0.2) is 36.6 Å². The van der Waals surface area contributed by atoms with E-state index in [0.29, 0.717) is 0 Å². The Balaban J connectivity index is 1.30. The first-order valence-electron chi connectivity index (χ1n) is 8.30. The Morgan fingerprint density at radius 3 is 2.48 bits per heavy atom. The van der Waals surface area contributed by atoms with Crippen LogP contribution in [0.2, 0.25) is 0 Å². The zero-order valence-electron chi connectivity index (χ0n) is 12.7. The van der Waals surface area contributed by atoms with E-state index < -0.39 is 0 Å². The van der Waals surface area contributed by atoms with E-state index in [0.717, 1.165) is 34.9 Å². The van der Waals surface area contributed by atoms with Crippen LogP contribution in [0.25, 0.3) is 5.57 Å². The third kappa shape index (κ3) is 2.63. The molecule has 1 nitrogen and oxygen atoms in total. The van der Waals surface area contributed by atoms with E-state index in [9.17, 15) is 0 Å². The van der Waals surface area contributed by atoms with E-state index >= 15 is 0 Å². The van der Waals surface area contributed by atoms with Crippen LogP contribution in [0.4, 0.5) is 0 Å². The molecule has 0 N–H and O–H groups in total. The Bertz CT molecular complexity index is 506. The molecule has 3 fully saturated rings. The van der Waals surface area contributed by atoms with Crippen molar-refractivity contribution in [1.29, 1.82) is 0 Å². The molecule has 4 atom stereocenters. The highest BCUT2D eigenvalue weighted by atomic mass is 32.2. The Hall–Kier alpha value is -0.890. The van der Waals surface area contributed by atoms with Crippen LogP contribution >= 0.6 is 11.8 Å². The Morgan fingerprint density at radius 1 is 1.14 bits per heavy atom. The lowest BCUT2D eigenvalue weighted by molar-refractivity contribution is 0.194. The topological polar surface area (TPSA) is 9.23 Å². The van der Waals surface area contributed by atoms with Crippen LogP contribution in [-0.4, -0.2) is 17.1 Å². The minimum absolute atomic E-state index is 0.795. The molecule has 0 amide bonds. The number of rotatable bonds is 4. The van der Waals surface area contributed by atoms with Gasteiger partial charge < -0.3 is 4.74 Å². The van der Waals surface area contributed by atoms with Crippen LogP contribution in [-0.2, 0) is 4.74 Å². The lowest BCUT2D eigenvalue weighted by Crippen LogP contribution is -2.21. The number of hydrogen-bond donors (Lipinski definition) is 0. The van der Waals surface area contributed by atoms with E-state index in [1.165, 1.54) is 36.8 Å². The van der Waals surface area contributed by atoms with Gasteiger partial charge in [-0.1, -0.05) is 30.3 Å². The van der Waals surface area contributed by atoms with E-state index in [4.69, 9.17) is 4.74 Å². The first kappa shape index (κ1) is 13.8. The zero-order valence-corrected chi connectivity index (χ0v) is 13.5. The summed E-state index contributed by atoms with van der Waals surface area (Å²) < 4.78 is 5.92. The van der Waals surface area contributed by atoms with Gasteiger partial charge in [0, 0.05) is 10.5 Å². The smallest absolute Gasteiger partial charge is 0.0901 e. The van der Waals surface area contributed by atoms with Crippen molar-refractivity contribution in [2.75, 3.05) is 6.61 Å². The van der Waals surface area contributed by atoms with Gasteiger partial charge in [-0.2, -0.15) is 11.8 Å². The van der Waals surface area contributed by atoms with E-state index in [2.05, 4.69) is 49.0 Å². The first-order valence-corrected chi connectivity index (χ1v) is 9.25. The second-order valence-corrected chi connectivity index (χ2v) is 8.44. The number of benzene rings is 1. The molecule has 2 bridgehead atoms. The molecule has 0 aromatic heterocycles. The number of hydrogen-bond acceptors (Lipinski definition) is 2. The molecule has 1 aromatic rings. The third-order valence-corrected chi connectivity index (χ3v) is 7.49. The predicted molar refractivity (Wildman–Crippen MR) is 90.2 cm³/mol. The molecule has 1 aliphatic carbocycles. The molecule has 1 saturated carbocycles. The van der Waals surface area contributed by atoms with Gasteiger partial charge in [0.2, 0.25) is 0 Å². The molecule has 2 aliphatic heterocycles. The van der Waals surface area contributed by atoms with Gasteiger partial charge in [0.15, 0.2) is 0 Å². The fraction of sp³-hybridized carbons (Fsp3) is 0.579. The summed E-state index contributed by atoms with van der Waals surface area (Å²) in [5.41, 5.74) is 2.49. The van der Waals surface area contributed by atoms with Gasteiger partial charge in [-0.15, -0.1) is 0 Å². The van der Waals surface area contributed by atoms with Gasteiger partial charge in [-0.25, -0.2) is 0 Å². The van der Waals surface area contributed by atoms with E-state index in [1.807, 2.05) is 6.26 Å². The molecular weight excluding hydrogens is 276 g/mol. The molecule has 2 saturated heterocycles.